The number of nitrogens with zero attached hydrogens (tertiary/aromatic N) is 5. The van der Waals surface area contributed by atoms with Crippen molar-refractivity contribution in [3.05, 3.63) is 38.7 Å². The lowest BCUT2D eigenvalue weighted by atomic mass is 9.97. The summed E-state index contributed by atoms with van der Waals surface area (Å²) in [6, 6.07) is 4.42. The first-order chi connectivity index (χ1) is 16.3. The van der Waals surface area contributed by atoms with Gasteiger partial charge in [-0.2, -0.15) is 0 Å². The van der Waals surface area contributed by atoms with Gasteiger partial charge < -0.3 is 9.64 Å². The van der Waals surface area contributed by atoms with Gasteiger partial charge in [0.15, 0.2) is 0 Å². The number of fused-ring (bicyclic) bond motifs is 3. The molecule has 2 fully saturated rings. The molecule has 0 spiro atoms. The molecule has 176 valence electrons. The van der Waals surface area contributed by atoms with Crippen LogP contribution in [0.2, 0.25) is 0 Å². The second-order valence-corrected chi connectivity index (χ2v) is 11.5. The minimum atomic E-state index is 0.815. The molecule has 1 aliphatic carbocycles. The first-order valence-electron chi connectivity index (χ1n) is 12.4. The van der Waals surface area contributed by atoms with Crippen LogP contribution in [0.3, 0.4) is 0 Å². The third kappa shape index (κ3) is 4.82. The molecule has 0 atom stereocenters. The van der Waals surface area contributed by atoms with E-state index < -0.39 is 0 Å². The average Bonchev–Trinajstić information content (AvgIpc) is 3.51. The van der Waals surface area contributed by atoms with Crippen LogP contribution < -0.4 is 4.90 Å². The number of ether oxygens (including phenoxy) is 1. The minimum Gasteiger partial charge on any atom is -0.379 e. The van der Waals surface area contributed by atoms with Crippen LogP contribution in [0.15, 0.2) is 17.5 Å². The van der Waals surface area contributed by atoms with Crippen molar-refractivity contribution in [3.8, 4) is 0 Å². The lowest BCUT2D eigenvalue weighted by molar-refractivity contribution is 0.0331. The molecule has 8 heteroatoms. The SMILES string of the molecule is c1csc(CCN2CCN(c3nc(CN4CCOCC4)nc4sc5c(c34)CCCC5)CC2)c1. The minimum absolute atomic E-state index is 0.815. The Morgan fingerprint density at radius 1 is 0.939 bits per heavy atom. The third-order valence-electron chi connectivity index (χ3n) is 7.24. The maximum atomic E-state index is 5.54. The second-order valence-electron chi connectivity index (χ2n) is 9.40. The van der Waals surface area contributed by atoms with Crippen LogP contribution in [-0.2, 0) is 30.5 Å². The highest BCUT2D eigenvalue weighted by Crippen LogP contribution is 2.40. The van der Waals surface area contributed by atoms with Crippen molar-refractivity contribution in [3.63, 3.8) is 0 Å². The Labute approximate surface area is 204 Å². The van der Waals surface area contributed by atoms with E-state index in [0.29, 0.717) is 0 Å². The summed E-state index contributed by atoms with van der Waals surface area (Å²) in [5, 5.41) is 3.55. The maximum Gasteiger partial charge on any atom is 0.146 e. The van der Waals surface area contributed by atoms with Crippen LogP contribution >= 0.6 is 22.7 Å². The number of thiophene rings is 2. The fourth-order valence-electron chi connectivity index (χ4n) is 5.35. The number of aryl methyl sites for hydroxylation is 2. The molecule has 0 saturated carbocycles. The van der Waals surface area contributed by atoms with Gasteiger partial charge in [0, 0.05) is 55.6 Å². The summed E-state index contributed by atoms with van der Waals surface area (Å²) in [5.74, 6) is 2.19. The number of aromatic nitrogens is 2. The Balaban J connectivity index is 1.24. The van der Waals surface area contributed by atoms with Crippen LogP contribution in [0, 0.1) is 0 Å². The summed E-state index contributed by atoms with van der Waals surface area (Å²) < 4.78 is 5.54. The van der Waals surface area contributed by atoms with Gasteiger partial charge in [0.1, 0.15) is 16.5 Å². The van der Waals surface area contributed by atoms with Crippen LogP contribution in [0.25, 0.3) is 10.2 Å². The standard InChI is InChI=1S/C25H33N5OS2/c1-2-6-21-20(5-1)23-24(26-22(27-25(23)33-21)18-29-13-15-31-16-14-29)30-11-9-28(10-12-30)8-7-19-4-3-17-32-19/h3-4,17H,1-2,5-16,18H2. The molecule has 0 bridgehead atoms. The average molecular weight is 484 g/mol. The van der Waals surface area contributed by atoms with E-state index in [9.17, 15) is 0 Å². The topological polar surface area (TPSA) is 44.7 Å². The largest absolute Gasteiger partial charge is 0.379 e. The van der Waals surface area contributed by atoms with E-state index in [1.54, 1.807) is 10.4 Å². The Kier molecular flexibility index (Phi) is 6.61. The molecule has 6 nitrogen and oxygen atoms in total. The van der Waals surface area contributed by atoms with Crippen molar-refractivity contribution < 1.29 is 4.74 Å². The number of anilines is 1. The van der Waals surface area contributed by atoms with Gasteiger partial charge in [-0.15, -0.1) is 22.7 Å². The predicted octanol–water partition coefficient (Wildman–Crippen LogP) is 3.83. The normalized spacial score (nSPS) is 20.4. The van der Waals surface area contributed by atoms with Gasteiger partial charge >= 0.3 is 0 Å². The monoisotopic (exact) mass is 483 g/mol. The van der Waals surface area contributed by atoms with Crippen molar-refractivity contribution >= 4 is 38.7 Å². The van der Waals surface area contributed by atoms with Gasteiger partial charge in [-0.05, 0) is 49.1 Å². The molecule has 2 aliphatic heterocycles. The molecule has 0 aromatic carbocycles. The van der Waals surface area contributed by atoms with Gasteiger partial charge in [0.25, 0.3) is 0 Å². The van der Waals surface area contributed by atoms with Crippen molar-refractivity contribution in [1.29, 1.82) is 0 Å². The summed E-state index contributed by atoms with van der Waals surface area (Å²) in [4.78, 5) is 22.2. The summed E-state index contributed by atoms with van der Waals surface area (Å²) in [7, 11) is 0. The molecule has 0 N–H and O–H groups in total. The van der Waals surface area contributed by atoms with E-state index in [4.69, 9.17) is 14.7 Å². The van der Waals surface area contributed by atoms with E-state index in [2.05, 4.69) is 32.2 Å². The number of piperazine rings is 1. The number of morpholine rings is 1. The second kappa shape index (κ2) is 9.96. The van der Waals surface area contributed by atoms with Crippen molar-refractivity contribution in [2.24, 2.45) is 0 Å². The van der Waals surface area contributed by atoms with Gasteiger partial charge in [-0.1, -0.05) is 6.07 Å². The first-order valence-corrected chi connectivity index (χ1v) is 14.1. The molecule has 5 heterocycles. The van der Waals surface area contributed by atoms with Crippen molar-refractivity contribution in [2.45, 2.75) is 38.6 Å². The highest BCUT2D eigenvalue weighted by atomic mass is 32.1. The van der Waals surface area contributed by atoms with Crippen molar-refractivity contribution in [1.82, 2.24) is 19.8 Å². The number of hydrogen-bond donors (Lipinski definition) is 0. The van der Waals surface area contributed by atoms with E-state index >= 15 is 0 Å². The molecular weight excluding hydrogens is 450 g/mol. The molecule has 2 saturated heterocycles. The van der Waals surface area contributed by atoms with E-state index in [1.807, 2.05) is 22.7 Å². The maximum absolute atomic E-state index is 5.54. The molecule has 33 heavy (non-hydrogen) atoms. The zero-order chi connectivity index (χ0) is 22.0. The van der Waals surface area contributed by atoms with E-state index in [0.717, 1.165) is 77.8 Å². The van der Waals surface area contributed by atoms with Gasteiger partial charge in [0.05, 0.1) is 25.1 Å². The van der Waals surface area contributed by atoms with Crippen LogP contribution in [0.1, 0.15) is 34.0 Å². The molecule has 0 radical (unpaired) electrons. The Morgan fingerprint density at radius 3 is 2.61 bits per heavy atom. The first kappa shape index (κ1) is 21.9. The fraction of sp³-hybridized carbons (Fsp3) is 0.600. The summed E-state index contributed by atoms with van der Waals surface area (Å²) >= 11 is 3.81. The molecule has 0 amide bonds. The van der Waals surface area contributed by atoms with Crippen molar-refractivity contribution in [2.75, 3.05) is 63.9 Å². The summed E-state index contributed by atoms with van der Waals surface area (Å²) in [6.45, 7) is 9.90. The van der Waals surface area contributed by atoms with Gasteiger partial charge in [-0.25, -0.2) is 9.97 Å². The molecule has 3 aliphatic rings. The van der Waals surface area contributed by atoms with E-state index in [-0.39, 0.29) is 0 Å². The molecule has 6 rings (SSSR count). The summed E-state index contributed by atoms with van der Waals surface area (Å²) in [5.41, 5.74) is 1.55. The lowest BCUT2D eigenvalue weighted by Gasteiger charge is -2.36. The number of rotatable bonds is 6. The van der Waals surface area contributed by atoms with Gasteiger partial charge in [0.2, 0.25) is 0 Å². The molecule has 0 unspecified atom stereocenters. The molecular formula is C25H33N5OS2. The van der Waals surface area contributed by atoms with Crippen LogP contribution in [0.4, 0.5) is 5.82 Å². The highest BCUT2D eigenvalue weighted by Gasteiger charge is 2.26. The van der Waals surface area contributed by atoms with Gasteiger partial charge in [-0.3, -0.25) is 9.80 Å². The van der Waals surface area contributed by atoms with E-state index in [1.165, 1.54) is 46.6 Å². The summed E-state index contributed by atoms with van der Waals surface area (Å²) in [6.07, 6.45) is 6.17. The Bertz CT molecular complexity index is 1070. The highest BCUT2D eigenvalue weighted by molar-refractivity contribution is 7.19. The Hall–Kier alpha value is -1.58. The Morgan fingerprint density at radius 2 is 1.79 bits per heavy atom. The smallest absolute Gasteiger partial charge is 0.146 e. The molecule has 3 aromatic heterocycles. The van der Waals surface area contributed by atoms with Crippen LogP contribution in [0.5, 0.6) is 0 Å². The lowest BCUT2D eigenvalue weighted by Crippen LogP contribution is -2.47. The zero-order valence-corrected chi connectivity index (χ0v) is 20.9. The fourth-order valence-corrected chi connectivity index (χ4v) is 7.32. The third-order valence-corrected chi connectivity index (χ3v) is 9.36. The zero-order valence-electron chi connectivity index (χ0n) is 19.3. The number of hydrogen-bond acceptors (Lipinski definition) is 8. The predicted molar refractivity (Wildman–Crippen MR) is 137 cm³/mol. The van der Waals surface area contributed by atoms with Crippen LogP contribution in [-0.4, -0.2) is 78.8 Å². The molecule has 3 aromatic rings. The quantitative estimate of drug-likeness (QED) is 0.531.